The van der Waals surface area contributed by atoms with E-state index >= 15 is 0 Å². The normalized spacial score (nSPS) is 20.3. The lowest BCUT2D eigenvalue weighted by Crippen LogP contribution is -2.42. The fourth-order valence-electron chi connectivity index (χ4n) is 3.18. The molecule has 0 radical (unpaired) electrons. The van der Waals surface area contributed by atoms with Gasteiger partial charge in [-0.05, 0) is 49.9 Å². The van der Waals surface area contributed by atoms with Crippen molar-refractivity contribution >= 4 is 24.0 Å². The van der Waals surface area contributed by atoms with Gasteiger partial charge in [-0.25, -0.2) is 0 Å². The van der Waals surface area contributed by atoms with Crippen LogP contribution in [0.1, 0.15) is 32.3 Å². The molecular formula is C18H30ClN3O. The molecule has 1 heterocycles. The Morgan fingerprint density at radius 3 is 2.74 bits per heavy atom. The zero-order chi connectivity index (χ0) is 16.0. The molecule has 0 bridgehead atoms. The van der Waals surface area contributed by atoms with Crippen molar-refractivity contribution in [1.82, 2.24) is 10.2 Å². The summed E-state index contributed by atoms with van der Waals surface area (Å²) in [7, 11) is 0. The second kappa shape index (κ2) is 9.26. The Hall–Kier alpha value is -1.10. The summed E-state index contributed by atoms with van der Waals surface area (Å²) in [4.78, 5) is 14.7. The van der Waals surface area contributed by atoms with Crippen molar-refractivity contribution in [2.24, 2.45) is 5.41 Å². The molecule has 1 aliphatic rings. The standard InChI is InChI=1S/C18H29N3O.ClH/c1-4-11-21(14-18(3)9-10-19-13-18)12-17(22)20-16-8-6-5-7-15(16)2;/h5-8,19H,4,9-14H2,1-3H3,(H,20,22);1H. The smallest absolute Gasteiger partial charge is 0.238 e. The molecule has 23 heavy (non-hydrogen) atoms. The highest BCUT2D eigenvalue weighted by Crippen LogP contribution is 2.25. The highest BCUT2D eigenvalue weighted by molar-refractivity contribution is 5.92. The number of carbonyl (C=O) groups is 1. The van der Waals surface area contributed by atoms with Gasteiger partial charge in [0.05, 0.1) is 6.54 Å². The first-order chi connectivity index (χ1) is 10.5. The third-order valence-electron chi connectivity index (χ3n) is 4.39. The summed E-state index contributed by atoms with van der Waals surface area (Å²) in [5, 5.41) is 6.47. The van der Waals surface area contributed by atoms with Crippen LogP contribution in [0, 0.1) is 12.3 Å². The van der Waals surface area contributed by atoms with Crippen molar-refractivity contribution in [3.05, 3.63) is 29.8 Å². The first-order valence-corrected chi connectivity index (χ1v) is 8.31. The van der Waals surface area contributed by atoms with E-state index in [2.05, 4.69) is 29.4 Å². The van der Waals surface area contributed by atoms with Crippen molar-refractivity contribution in [2.45, 2.75) is 33.6 Å². The molecule has 1 aromatic carbocycles. The highest BCUT2D eigenvalue weighted by Gasteiger charge is 2.30. The molecule has 130 valence electrons. The van der Waals surface area contributed by atoms with Gasteiger partial charge in [0, 0.05) is 18.8 Å². The monoisotopic (exact) mass is 339 g/mol. The van der Waals surface area contributed by atoms with Gasteiger partial charge in [-0.15, -0.1) is 12.4 Å². The molecule has 1 atom stereocenters. The van der Waals surface area contributed by atoms with Gasteiger partial charge in [0.2, 0.25) is 5.91 Å². The molecule has 2 rings (SSSR count). The van der Waals surface area contributed by atoms with E-state index in [0.717, 1.165) is 43.9 Å². The van der Waals surface area contributed by atoms with Crippen molar-refractivity contribution in [3.8, 4) is 0 Å². The summed E-state index contributed by atoms with van der Waals surface area (Å²) < 4.78 is 0. The highest BCUT2D eigenvalue weighted by atomic mass is 35.5. The van der Waals surface area contributed by atoms with Crippen molar-refractivity contribution in [2.75, 3.05) is 38.0 Å². The quantitative estimate of drug-likeness (QED) is 0.802. The molecule has 1 aromatic rings. The minimum Gasteiger partial charge on any atom is -0.325 e. The number of nitrogens with one attached hydrogen (secondary N) is 2. The van der Waals surface area contributed by atoms with E-state index in [0.29, 0.717) is 6.54 Å². The molecule has 0 aromatic heterocycles. The predicted octanol–water partition coefficient (Wildman–Crippen LogP) is 3.07. The average Bonchev–Trinajstić information content (AvgIpc) is 2.88. The summed E-state index contributed by atoms with van der Waals surface area (Å²) in [5.74, 6) is 0.0808. The molecule has 0 saturated carbocycles. The Balaban J connectivity index is 0.00000264. The molecule has 1 fully saturated rings. The Morgan fingerprint density at radius 1 is 1.39 bits per heavy atom. The summed E-state index contributed by atoms with van der Waals surface area (Å²) in [6.45, 7) is 11.1. The van der Waals surface area contributed by atoms with Gasteiger partial charge in [-0.3, -0.25) is 9.69 Å². The van der Waals surface area contributed by atoms with E-state index in [4.69, 9.17) is 0 Å². The first kappa shape index (κ1) is 19.9. The van der Waals surface area contributed by atoms with Gasteiger partial charge >= 0.3 is 0 Å². The van der Waals surface area contributed by atoms with Crippen LogP contribution in [0.2, 0.25) is 0 Å². The number of aryl methyl sites for hydroxylation is 1. The first-order valence-electron chi connectivity index (χ1n) is 8.31. The summed E-state index contributed by atoms with van der Waals surface area (Å²) in [5.41, 5.74) is 2.31. The number of anilines is 1. The summed E-state index contributed by atoms with van der Waals surface area (Å²) in [6, 6.07) is 7.92. The van der Waals surface area contributed by atoms with Crippen LogP contribution in [0.25, 0.3) is 0 Å². The van der Waals surface area contributed by atoms with Crippen LogP contribution >= 0.6 is 12.4 Å². The van der Waals surface area contributed by atoms with Gasteiger partial charge in [0.1, 0.15) is 0 Å². The third-order valence-corrected chi connectivity index (χ3v) is 4.39. The van der Waals surface area contributed by atoms with E-state index < -0.39 is 0 Å². The molecule has 5 heteroatoms. The largest absolute Gasteiger partial charge is 0.325 e. The van der Waals surface area contributed by atoms with E-state index in [1.807, 2.05) is 31.2 Å². The molecule has 0 aliphatic carbocycles. The number of nitrogens with zero attached hydrogens (tertiary/aromatic N) is 1. The minimum atomic E-state index is 0. The number of carbonyl (C=O) groups excluding carboxylic acids is 1. The van der Waals surface area contributed by atoms with Gasteiger partial charge in [0.25, 0.3) is 0 Å². The van der Waals surface area contributed by atoms with Crippen LogP contribution in [0.3, 0.4) is 0 Å². The van der Waals surface area contributed by atoms with Gasteiger partial charge in [0.15, 0.2) is 0 Å². The molecular weight excluding hydrogens is 310 g/mol. The van der Waals surface area contributed by atoms with Crippen molar-refractivity contribution in [1.29, 1.82) is 0 Å². The van der Waals surface area contributed by atoms with E-state index in [-0.39, 0.29) is 23.7 Å². The van der Waals surface area contributed by atoms with Crippen LogP contribution < -0.4 is 10.6 Å². The third kappa shape index (κ3) is 6.13. The van der Waals surface area contributed by atoms with E-state index in [9.17, 15) is 4.79 Å². The lowest BCUT2D eigenvalue weighted by Gasteiger charge is -2.31. The maximum Gasteiger partial charge on any atom is 0.238 e. The molecule has 1 amide bonds. The molecule has 2 N–H and O–H groups in total. The van der Waals surface area contributed by atoms with Crippen LogP contribution in [0.4, 0.5) is 5.69 Å². The number of amides is 1. The number of rotatable bonds is 7. The number of hydrogen-bond donors (Lipinski definition) is 2. The van der Waals surface area contributed by atoms with Crippen LogP contribution in [-0.4, -0.2) is 43.5 Å². The van der Waals surface area contributed by atoms with Crippen LogP contribution in [0.15, 0.2) is 24.3 Å². The fourth-order valence-corrected chi connectivity index (χ4v) is 3.18. The lowest BCUT2D eigenvalue weighted by molar-refractivity contribution is -0.117. The molecule has 1 unspecified atom stereocenters. The maximum absolute atomic E-state index is 12.4. The van der Waals surface area contributed by atoms with Crippen molar-refractivity contribution in [3.63, 3.8) is 0 Å². The Morgan fingerprint density at radius 2 is 2.13 bits per heavy atom. The number of benzene rings is 1. The van der Waals surface area contributed by atoms with Gasteiger partial charge in [-0.1, -0.05) is 32.0 Å². The van der Waals surface area contributed by atoms with Crippen LogP contribution in [-0.2, 0) is 4.79 Å². The topological polar surface area (TPSA) is 44.4 Å². The predicted molar refractivity (Wildman–Crippen MR) is 99.4 cm³/mol. The second-order valence-corrected chi connectivity index (χ2v) is 6.81. The SMILES string of the molecule is CCCN(CC(=O)Nc1ccccc1C)CC1(C)CCNC1.Cl. The Labute approximate surface area is 146 Å². The zero-order valence-corrected chi connectivity index (χ0v) is 15.3. The minimum absolute atomic E-state index is 0. The molecule has 1 saturated heterocycles. The molecule has 1 aliphatic heterocycles. The molecule has 0 spiro atoms. The van der Waals surface area contributed by atoms with Crippen molar-refractivity contribution < 1.29 is 4.79 Å². The number of halogens is 1. The maximum atomic E-state index is 12.4. The van der Waals surface area contributed by atoms with Crippen LogP contribution in [0.5, 0.6) is 0 Å². The number of para-hydroxylation sites is 1. The second-order valence-electron chi connectivity index (χ2n) is 6.81. The summed E-state index contributed by atoms with van der Waals surface area (Å²) in [6.07, 6.45) is 2.26. The van der Waals surface area contributed by atoms with E-state index in [1.54, 1.807) is 0 Å². The fraction of sp³-hybridized carbons (Fsp3) is 0.611. The number of hydrogen-bond acceptors (Lipinski definition) is 3. The van der Waals surface area contributed by atoms with Gasteiger partial charge < -0.3 is 10.6 Å². The zero-order valence-electron chi connectivity index (χ0n) is 14.5. The lowest BCUT2D eigenvalue weighted by atomic mass is 9.89. The Kier molecular flexibility index (Phi) is 8.03. The Bertz CT molecular complexity index is 501. The molecule has 4 nitrogen and oxygen atoms in total. The average molecular weight is 340 g/mol. The summed E-state index contributed by atoms with van der Waals surface area (Å²) >= 11 is 0. The van der Waals surface area contributed by atoms with Gasteiger partial charge in [-0.2, -0.15) is 0 Å². The van der Waals surface area contributed by atoms with E-state index in [1.165, 1.54) is 6.42 Å².